The first-order chi connectivity index (χ1) is 8.95. The molecule has 1 aromatic rings. The number of nitro groups is 1. The molecule has 0 fully saturated rings. The first kappa shape index (κ1) is 15.6. The molecule has 1 aromatic carbocycles. The maximum atomic E-state index is 12.5. The van der Waals surface area contributed by atoms with Crippen LogP contribution >= 0.6 is 0 Å². The molecule has 19 heavy (non-hydrogen) atoms. The fraction of sp³-hybridized carbons (Fsp3) is 0.500. The summed E-state index contributed by atoms with van der Waals surface area (Å²) in [5, 5.41) is 10.9. The van der Waals surface area contributed by atoms with Gasteiger partial charge in [0.2, 0.25) is 10.0 Å². The summed E-state index contributed by atoms with van der Waals surface area (Å²) in [6.07, 6.45) is 1.33. The number of sulfonamides is 1. The van der Waals surface area contributed by atoms with Crippen molar-refractivity contribution in [3.63, 3.8) is 0 Å². The predicted molar refractivity (Wildman–Crippen MR) is 72.4 cm³/mol. The first-order valence-corrected chi connectivity index (χ1v) is 7.62. The van der Waals surface area contributed by atoms with Crippen molar-refractivity contribution in [2.24, 2.45) is 0 Å². The molecule has 0 unspecified atom stereocenters. The topological polar surface area (TPSA) is 80.5 Å². The number of para-hydroxylation sites is 1. The lowest BCUT2D eigenvalue weighted by Crippen LogP contribution is -2.32. The van der Waals surface area contributed by atoms with E-state index >= 15 is 0 Å². The van der Waals surface area contributed by atoms with Gasteiger partial charge in [-0.1, -0.05) is 26.0 Å². The van der Waals surface area contributed by atoms with Gasteiger partial charge in [-0.3, -0.25) is 10.1 Å². The van der Waals surface area contributed by atoms with E-state index in [1.165, 1.54) is 28.6 Å². The van der Waals surface area contributed by atoms with Crippen LogP contribution in [0.2, 0.25) is 0 Å². The zero-order valence-corrected chi connectivity index (χ0v) is 11.9. The maximum Gasteiger partial charge on any atom is 0.289 e. The van der Waals surface area contributed by atoms with Crippen molar-refractivity contribution in [1.29, 1.82) is 0 Å². The van der Waals surface area contributed by atoms with Gasteiger partial charge in [-0.05, 0) is 18.9 Å². The summed E-state index contributed by atoms with van der Waals surface area (Å²) in [4.78, 5) is 10.0. The molecule has 0 saturated carbocycles. The molecular formula is C12H18N2O4S. The fourth-order valence-corrected chi connectivity index (χ4v) is 3.60. The van der Waals surface area contributed by atoms with Crippen LogP contribution in [0, 0.1) is 10.1 Å². The van der Waals surface area contributed by atoms with Gasteiger partial charge in [0.05, 0.1) is 4.92 Å². The van der Waals surface area contributed by atoms with Crippen LogP contribution in [0.25, 0.3) is 0 Å². The van der Waals surface area contributed by atoms with Crippen LogP contribution in [0.4, 0.5) is 5.69 Å². The van der Waals surface area contributed by atoms with Crippen LogP contribution in [-0.4, -0.2) is 30.7 Å². The smallest absolute Gasteiger partial charge is 0.258 e. The Hall–Kier alpha value is -1.47. The van der Waals surface area contributed by atoms with Gasteiger partial charge >= 0.3 is 0 Å². The summed E-state index contributed by atoms with van der Waals surface area (Å²) in [6, 6.07) is 5.45. The zero-order chi connectivity index (χ0) is 14.5. The Morgan fingerprint density at radius 3 is 2.16 bits per heavy atom. The largest absolute Gasteiger partial charge is 0.289 e. The predicted octanol–water partition coefficient (Wildman–Crippen LogP) is 2.41. The van der Waals surface area contributed by atoms with E-state index in [2.05, 4.69) is 0 Å². The molecular weight excluding hydrogens is 268 g/mol. The Morgan fingerprint density at radius 1 is 1.16 bits per heavy atom. The Morgan fingerprint density at radius 2 is 1.68 bits per heavy atom. The normalized spacial score (nSPS) is 11.7. The highest BCUT2D eigenvalue weighted by atomic mass is 32.2. The highest BCUT2D eigenvalue weighted by Crippen LogP contribution is 2.26. The second-order valence-corrected chi connectivity index (χ2v) is 6.04. The van der Waals surface area contributed by atoms with Crippen LogP contribution < -0.4 is 0 Å². The number of benzene rings is 1. The van der Waals surface area contributed by atoms with E-state index in [0.29, 0.717) is 25.9 Å². The van der Waals surface area contributed by atoms with Crippen molar-refractivity contribution < 1.29 is 13.3 Å². The maximum absolute atomic E-state index is 12.5. The highest BCUT2D eigenvalue weighted by Gasteiger charge is 2.30. The van der Waals surface area contributed by atoms with Crippen molar-refractivity contribution in [3.05, 3.63) is 34.4 Å². The average molecular weight is 286 g/mol. The Kier molecular flexibility index (Phi) is 5.44. The third-order valence-corrected chi connectivity index (χ3v) is 4.57. The van der Waals surface area contributed by atoms with E-state index in [-0.39, 0.29) is 10.6 Å². The van der Waals surface area contributed by atoms with Gasteiger partial charge in [-0.2, -0.15) is 4.31 Å². The van der Waals surface area contributed by atoms with E-state index in [0.717, 1.165) is 0 Å². The molecule has 106 valence electrons. The molecule has 0 amide bonds. The number of hydrogen-bond acceptors (Lipinski definition) is 4. The lowest BCUT2D eigenvalue weighted by Gasteiger charge is -2.20. The molecule has 0 aliphatic heterocycles. The van der Waals surface area contributed by atoms with Crippen LogP contribution in [0.3, 0.4) is 0 Å². The first-order valence-electron chi connectivity index (χ1n) is 6.18. The molecule has 0 saturated heterocycles. The standard InChI is InChI=1S/C12H18N2O4S/c1-3-9-13(10-4-2)19(17,18)12-8-6-5-7-11(12)14(15)16/h5-8H,3-4,9-10H2,1-2H3. The molecule has 0 aliphatic carbocycles. The quantitative estimate of drug-likeness (QED) is 0.569. The Bertz CT molecular complexity index is 536. The lowest BCUT2D eigenvalue weighted by atomic mass is 10.3. The molecule has 0 heterocycles. The van der Waals surface area contributed by atoms with Crippen molar-refractivity contribution >= 4 is 15.7 Å². The van der Waals surface area contributed by atoms with Crippen molar-refractivity contribution in [2.75, 3.05) is 13.1 Å². The fourth-order valence-electron chi connectivity index (χ4n) is 1.82. The molecule has 0 aliphatic rings. The Balaban J connectivity index is 3.29. The molecule has 1 rings (SSSR count). The number of rotatable bonds is 7. The van der Waals surface area contributed by atoms with E-state index in [9.17, 15) is 18.5 Å². The van der Waals surface area contributed by atoms with E-state index in [1.807, 2.05) is 13.8 Å². The third-order valence-electron chi connectivity index (χ3n) is 2.63. The van der Waals surface area contributed by atoms with Crippen molar-refractivity contribution in [1.82, 2.24) is 4.31 Å². The average Bonchev–Trinajstić information content (AvgIpc) is 2.38. The van der Waals surface area contributed by atoms with Gasteiger partial charge in [0, 0.05) is 19.2 Å². The molecule has 0 bridgehead atoms. The molecule has 6 nitrogen and oxygen atoms in total. The molecule has 0 atom stereocenters. The van der Waals surface area contributed by atoms with Crippen molar-refractivity contribution in [3.8, 4) is 0 Å². The van der Waals surface area contributed by atoms with Crippen LogP contribution in [-0.2, 0) is 10.0 Å². The van der Waals surface area contributed by atoms with Gasteiger partial charge < -0.3 is 0 Å². The van der Waals surface area contributed by atoms with Crippen LogP contribution in [0.15, 0.2) is 29.2 Å². The van der Waals surface area contributed by atoms with E-state index in [4.69, 9.17) is 0 Å². The highest BCUT2D eigenvalue weighted by molar-refractivity contribution is 7.89. The molecule has 0 spiro atoms. The molecule has 0 N–H and O–H groups in total. The minimum atomic E-state index is -3.81. The van der Waals surface area contributed by atoms with Gasteiger partial charge in [-0.15, -0.1) is 0 Å². The molecule has 0 aromatic heterocycles. The second-order valence-electron chi connectivity index (χ2n) is 4.13. The monoisotopic (exact) mass is 286 g/mol. The summed E-state index contributed by atoms with van der Waals surface area (Å²) in [5.41, 5.74) is -0.375. The van der Waals surface area contributed by atoms with E-state index < -0.39 is 14.9 Å². The second kappa shape index (κ2) is 6.63. The number of hydrogen-bond donors (Lipinski definition) is 0. The SMILES string of the molecule is CCCN(CCC)S(=O)(=O)c1ccccc1[N+](=O)[O-]. The number of nitrogens with zero attached hydrogens (tertiary/aromatic N) is 2. The van der Waals surface area contributed by atoms with Crippen molar-refractivity contribution in [2.45, 2.75) is 31.6 Å². The van der Waals surface area contributed by atoms with Gasteiger partial charge in [0.15, 0.2) is 4.90 Å². The minimum Gasteiger partial charge on any atom is -0.258 e. The summed E-state index contributed by atoms with van der Waals surface area (Å²) >= 11 is 0. The summed E-state index contributed by atoms with van der Waals surface area (Å²) in [5.74, 6) is 0. The molecule has 7 heteroatoms. The summed E-state index contributed by atoms with van der Waals surface area (Å²) in [7, 11) is -3.81. The van der Waals surface area contributed by atoms with Crippen LogP contribution in [0.1, 0.15) is 26.7 Å². The lowest BCUT2D eigenvalue weighted by molar-refractivity contribution is -0.387. The van der Waals surface area contributed by atoms with Gasteiger partial charge in [0.1, 0.15) is 0 Å². The van der Waals surface area contributed by atoms with E-state index in [1.54, 1.807) is 0 Å². The Labute approximate surface area is 113 Å². The number of nitro benzene ring substituents is 1. The van der Waals surface area contributed by atoms with Gasteiger partial charge in [0.25, 0.3) is 5.69 Å². The minimum absolute atomic E-state index is 0.234. The molecule has 0 radical (unpaired) electrons. The summed E-state index contributed by atoms with van der Waals surface area (Å²) in [6.45, 7) is 4.47. The van der Waals surface area contributed by atoms with Gasteiger partial charge in [-0.25, -0.2) is 8.42 Å². The summed E-state index contributed by atoms with van der Waals surface area (Å²) < 4.78 is 26.2. The zero-order valence-electron chi connectivity index (χ0n) is 11.1. The van der Waals surface area contributed by atoms with Crippen LogP contribution in [0.5, 0.6) is 0 Å². The third kappa shape index (κ3) is 3.51.